The molecule has 0 amide bonds. The average Bonchev–Trinajstić information content (AvgIpc) is 2.30. The number of rotatable bonds is 1. The first-order chi connectivity index (χ1) is 5.41. The van der Waals surface area contributed by atoms with Gasteiger partial charge in [-0.2, -0.15) is 13.2 Å². The first-order valence-corrected chi connectivity index (χ1v) is 2.95. The molecule has 1 N–H and O–H groups in total. The lowest BCUT2D eigenvalue weighted by atomic mass is 10.3. The number of alkyl halides is 5. The van der Waals surface area contributed by atoms with Crippen molar-refractivity contribution in [1.82, 2.24) is 4.98 Å². The van der Waals surface area contributed by atoms with E-state index in [0.717, 1.165) is 0 Å². The van der Waals surface area contributed by atoms with Crippen LogP contribution in [-0.4, -0.2) is 4.98 Å². The van der Waals surface area contributed by atoms with E-state index in [1.54, 1.807) is 4.98 Å². The molecule has 12 heavy (non-hydrogen) atoms. The normalized spacial score (nSPS) is 12.5. The maximum Gasteiger partial charge on any atom is 0.431 e. The third-order valence-corrected chi connectivity index (χ3v) is 1.26. The van der Waals surface area contributed by atoms with Crippen LogP contribution in [0.15, 0.2) is 12.3 Å². The maximum absolute atomic E-state index is 11.8. The van der Waals surface area contributed by atoms with E-state index in [4.69, 9.17) is 0 Å². The largest absolute Gasteiger partial charge is 0.431 e. The van der Waals surface area contributed by atoms with Gasteiger partial charge in [0.15, 0.2) is 0 Å². The lowest BCUT2D eigenvalue weighted by molar-refractivity contribution is -0.140. The van der Waals surface area contributed by atoms with Gasteiger partial charge in [-0.05, 0) is 6.07 Å². The van der Waals surface area contributed by atoms with Gasteiger partial charge in [-0.1, -0.05) is 0 Å². The Bertz CT molecular complexity index is 261. The van der Waals surface area contributed by atoms with E-state index < -0.39 is 23.9 Å². The van der Waals surface area contributed by atoms with Crippen LogP contribution in [0.1, 0.15) is 17.7 Å². The highest BCUT2D eigenvalue weighted by Gasteiger charge is 2.32. The van der Waals surface area contributed by atoms with Crippen molar-refractivity contribution >= 4 is 0 Å². The molecule has 1 aromatic rings. The lowest BCUT2D eigenvalue weighted by Crippen LogP contribution is -2.04. The molecule has 0 atom stereocenters. The minimum absolute atomic E-state index is 0.394. The molecule has 0 aliphatic carbocycles. The van der Waals surface area contributed by atoms with E-state index in [1.165, 1.54) is 0 Å². The summed E-state index contributed by atoms with van der Waals surface area (Å²) < 4.78 is 58.9. The van der Waals surface area contributed by atoms with Crippen LogP contribution in [0.3, 0.4) is 0 Å². The molecule has 0 aliphatic heterocycles. The monoisotopic (exact) mass is 185 g/mol. The smallest absolute Gasteiger partial charge is 0.357 e. The highest BCUT2D eigenvalue weighted by Crippen LogP contribution is 2.30. The van der Waals surface area contributed by atoms with Crippen molar-refractivity contribution in [2.45, 2.75) is 12.6 Å². The standard InChI is InChI=1S/C6H4F5N/c7-5(8)3-1-4(12-2-3)6(9,10)11/h1-2,5,12H. The molecule has 0 unspecified atom stereocenters. The number of hydrogen-bond acceptors (Lipinski definition) is 0. The summed E-state index contributed by atoms with van der Waals surface area (Å²) >= 11 is 0. The molecule has 0 bridgehead atoms. The van der Waals surface area contributed by atoms with E-state index in [2.05, 4.69) is 0 Å². The van der Waals surface area contributed by atoms with Gasteiger partial charge in [0, 0.05) is 11.8 Å². The third-order valence-electron chi connectivity index (χ3n) is 1.26. The number of aromatic amines is 1. The summed E-state index contributed by atoms with van der Waals surface area (Å²) in [4.78, 5) is 1.72. The summed E-state index contributed by atoms with van der Waals surface area (Å²) in [7, 11) is 0. The fourth-order valence-corrected chi connectivity index (χ4v) is 0.701. The zero-order valence-electron chi connectivity index (χ0n) is 5.62. The second-order valence-electron chi connectivity index (χ2n) is 2.15. The van der Waals surface area contributed by atoms with Crippen LogP contribution in [0.4, 0.5) is 22.0 Å². The van der Waals surface area contributed by atoms with E-state index in [-0.39, 0.29) is 0 Å². The molecule has 1 aromatic heterocycles. The van der Waals surface area contributed by atoms with E-state index in [0.29, 0.717) is 12.3 Å². The zero-order chi connectivity index (χ0) is 9.35. The van der Waals surface area contributed by atoms with Crippen LogP contribution in [0.25, 0.3) is 0 Å². The SMILES string of the molecule is FC(F)c1c[nH]c(C(F)(F)F)c1. The van der Waals surface area contributed by atoms with Crippen LogP contribution in [0.5, 0.6) is 0 Å². The summed E-state index contributed by atoms with van der Waals surface area (Å²) in [6.45, 7) is 0. The molecule has 1 rings (SSSR count). The summed E-state index contributed by atoms with van der Waals surface area (Å²) in [6.07, 6.45) is -6.82. The first-order valence-electron chi connectivity index (χ1n) is 2.95. The second-order valence-corrected chi connectivity index (χ2v) is 2.15. The van der Waals surface area contributed by atoms with Gasteiger partial charge in [0.1, 0.15) is 5.69 Å². The fraction of sp³-hybridized carbons (Fsp3) is 0.333. The molecule has 0 spiro atoms. The molecule has 0 saturated heterocycles. The minimum atomic E-state index is -4.59. The Hall–Kier alpha value is -1.07. The Morgan fingerprint density at radius 1 is 1.25 bits per heavy atom. The van der Waals surface area contributed by atoms with Crippen molar-refractivity contribution in [2.24, 2.45) is 0 Å². The van der Waals surface area contributed by atoms with Gasteiger partial charge in [0.2, 0.25) is 0 Å². The van der Waals surface area contributed by atoms with Crippen LogP contribution >= 0.6 is 0 Å². The van der Waals surface area contributed by atoms with Crippen molar-refractivity contribution in [3.8, 4) is 0 Å². The molecule has 0 aromatic carbocycles. The van der Waals surface area contributed by atoms with Crippen molar-refractivity contribution in [3.05, 3.63) is 23.5 Å². The molecular weight excluding hydrogens is 181 g/mol. The predicted octanol–water partition coefficient (Wildman–Crippen LogP) is 2.97. The highest BCUT2D eigenvalue weighted by atomic mass is 19.4. The van der Waals surface area contributed by atoms with Gasteiger partial charge >= 0.3 is 6.18 Å². The van der Waals surface area contributed by atoms with Crippen molar-refractivity contribution in [1.29, 1.82) is 0 Å². The Morgan fingerprint density at radius 3 is 2.08 bits per heavy atom. The zero-order valence-corrected chi connectivity index (χ0v) is 5.62. The Morgan fingerprint density at radius 2 is 1.83 bits per heavy atom. The number of halogens is 5. The van der Waals surface area contributed by atoms with Crippen molar-refractivity contribution < 1.29 is 22.0 Å². The Labute approximate surface area is 64.2 Å². The topological polar surface area (TPSA) is 15.8 Å². The van der Waals surface area contributed by atoms with Crippen LogP contribution in [-0.2, 0) is 6.18 Å². The number of H-pyrrole nitrogens is 1. The predicted molar refractivity (Wildman–Crippen MR) is 30.8 cm³/mol. The molecule has 0 fully saturated rings. The van der Waals surface area contributed by atoms with Gasteiger partial charge < -0.3 is 4.98 Å². The molecule has 1 heterocycles. The number of nitrogens with one attached hydrogen (secondary N) is 1. The number of hydrogen-bond donors (Lipinski definition) is 1. The molecular formula is C6H4F5N. The molecule has 0 saturated carbocycles. The molecule has 1 nitrogen and oxygen atoms in total. The Kier molecular flexibility index (Phi) is 2.08. The van der Waals surface area contributed by atoms with E-state index in [1.807, 2.05) is 0 Å². The Balaban J connectivity index is 2.92. The van der Waals surface area contributed by atoms with Gasteiger partial charge in [0.05, 0.1) is 0 Å². The lowest BCUT2D eigenvalue weighted by Gasteiger charge is -2.00. The fourth-order valence-electron chi connectivity index (χ4n) is 0.701. The molecule has 0 radical (unpaired) electrons. The van der Waals surface area contributed by atoms with E-state index >= 15 is 0 Å². The minimum Gasteiger partial charge on any atom is -0.357 e. The van der Waals surface area contributed by atoms with Crippen molar-refractivity contribution in [3.63, 3.8) is 0 Å². The molecule has 6 heteroatoms. The highest BCUT2D eigenvalue weighted by molar-refractivity contribution is 5.19. The third kappa shape index (κ3) is 1.75. The van der Waals surface area contributed by atoms with Gasteiger partial charge in [-0.3, -0.25) is 0 Å². The second kappa shape index (κ2) is 2.76. The van der Waals surface area contributed by atoms with Crippen LogP contribution in [0, 0.1) is 0 Å². The van der Waals surface area contributed by atoms with E-state index in [9.17, 15) is 22.0 Å². The van der Waals surface area contributed by atoms with Gasteiger partial charge in [-0.25, -0.2) is 8.78 Å². The average molecular weight is 185 g/mol. The summed E-state index contributed by atoms with van der Waals surface area (Å²) in [6, 6.07) is 0.394. The quantitative estimate of drug-likeness (QED) is 0.647. The van der Waals surface area contributed by atoms with Crippen molar-refractivity contribution in [2.75, 3.05) is 0 Å². The number of aromatic nitrogens is 1. The van der Waals surface area contributed by atoms with Gasteiger partial charge in [-0.15, -0.1) is 0 Å². The summed E-state index contributed by atoms with van der Waals surface area (Å²) in [5.74, 6) is 0. The molecule has 0 aliphatic rings. The van der Waals surface area contributed by atoms with Crippen LogP contribution in [0.2, 0.25) is 0 Å². The van der Waals surface area contributed by atoms with Crippen LogP contribution < -0.4 is 0 Å². The first kappa shape index (κ1) is 9.02. The maximum atomic E-state index is 11.8. The summed E-state index contributed by atoms with van der Waals surface area (Å²) in [5, 5.41) is 0. The summed E-state index contributed by atoms with van der Waals surface area (Å²) in [5.41, 5.74) is -1.81. The van der Waals surface area contributed by atoms with Gasteiger partial charge in [0.25, 0.3) is 6.43 Å². The molecule has 68 valence electrons.